The minimum Gasteiger partial charge on any atom is -0.360 e. The highest BCUT2D eigenvalue weighted by molar-refractivity contribution is 7.89. The highest BCUT2D eigenvalue weighted by atomic mass is 32.2. The third kappa shape index (κ3) is 4.15. The molecule has 2 N–H and O–H groups in total. The minimum atomic E-state index is -3.12. The molecule has 15 heavy (non-hydrogen) atoms. The molecule has 7 heteroatoms. The van der Waals surface area contributed by atoms with E-state index in [2.05, 4.69) is 15.0 Å². The van der Waals surface area contributed by atoms with Gasteiger partial charge in [0.1, 0.15) is 0 Å². The van der Waals surface area contributed by atoms with E-state index in [1.807, 2.05) is 12.3 Å². The summed E-state index contributed by atoms with van der Waals surface area (Å²) in [6.45, 7) is 2.41. The third-order valence-electron chi connectivity index (χ3n) is 1.87. The van der Waals surface area contributed by atoms with Gasteiger partial charge >= 0.3 is 0 Å². The third-order valence-corrected chi connectivity index (χ3v) is 4.08. The molecule has 0 spiro atoms. The molecule has 0 aliphatic heterocycles. The molecule has 1 rings (SSSR count). The van der Waals surface area contributed by atoms with Crippen LogP contribution in [0.2, 0.25) is 0 Å². The van der Waals surface area contributed by atoms with Gasteiger partial charge in [0.2, 0.25) is 10.0 Å². The topological polar surface area (TPSA) is 71.1 Å². The number of nitrogens with one attached hydrogen (secondary N) is 2. The molecule has 0 amide bonds. The summed E-state index contributed by atoms with van der Waals surface area (Å²) >= 11 is 1.49. The van der Waals surface area contributed by atoms with Crippen LogP contribution in [0.4, 0.5) is 5.13 Å². The van der Waals surface area contributed by atoms with Gasteiger partial charge in [-0.05, 0) is 13.5 Å². The van der Waals surface area contributed by atoms with E-state index in [4.69, 9.17) is 0 Å². The van der Waals surface area contributed by atoms with Crippen LogP contribution in [0.3, 0.4) is 0 Å². The maximum atomic E-state index is 11.1. The van der Waals surface area contributed by atoms with Crippen LogP contribution in [0.5, 0.6) is 0 Å². The van der Waals surface area contributed by atoms with E-state index < -0.39 is 10.0 Å². The van der Waals surface area contributed by atoms with Crippen molar-refractivity contribution < 1.29 is 8.42 Å². The van der Waals surface area contributed by atoms with E-state index in [0.29, 0.717) is 6.54 Å². The van der Waals surface area contributed by atoms with Crippen LogP contribution in [0.25, 0.3) is 0 Å². The zero-order valence-corrected chi connectivity index (χ0v) is 10.4. The molecule has 0 saturated heterocycles. The average Bonchev–Trinajstić information content (AvgIpc) is 2.66. The number of hydrogen-bond donors (Lipinski definition) is 2. The van der Waals surface area contributed by atoms with Gasteiger partial charge in [-0.3, -0.25) is 0 Å². The summed E-state index contributed by atoms with van der Waals surface area (Å²) in [7, 11) is -1.71. The second-order valence-corrected chi connectivity index (χ2v) is 5.85. The van der Waals surface area contributed by atoms with E-state index in [1.165, 1.54) is 18.4 Å². The first kappa shape index (κ1) is 12.4. The minimum absolute atomic E-state index is 0.0601. The van der Waals surface area contributed by atoms with Crippen LogP contribution in [-0.4, -0.2) is 32.7 Å². The fourth-order valence-corrected chi connectivity index (χ4v) is 2.34. The zero-order valence-electron chi connectivity index (χ0n) is 8.78. The molecule has 5 nitrogen and oxygen atoms in total. The van der Waals surface area contributed by atoms with Crippen molar-refractivity contribution in [1.29, 1.82) is 0 Å². The van der Waals surface area contributed by atoms with Gasteiger partial charge in [0.25, 0.3) is 0 Å². The van der Waals surface area contributed by atoms with Crippen LogP contribution in [0, 0.1) is 0 Å². The number of hydrogen-bond acceptors (Lipinski definition) is 5. The summed E-state index contributed by atoms with van der Waals surface area (Å²) in [6.07, 6.45) is 0.896. The maximum absolute atomic E-state index is 11.1. The fourth-order valence-electron chi connectivity index (χ4n) is 0.945. The Morgan fingerprint density at radius 2 is 2.27 bits per heavy atom. The Hall–Kier alpha value is -0.660. The van der Waals surface area contributed by atoms with E-state index in [9.17, 15) is 8.42 Å². The summed E-state index contributed by atoms with van der Waals surface area (Å²) in [4.78, 5) is 4.27. The van der Waals surface area contributed by atoms with Gasteiger partial charge in [-0.1, -0.05) is 6.92 Å². The zero-order chi connectivity index (χ0) is 11.3. The Bertz CT molecular complexity index is 400. The molecule has 86 valence electrons. The molecular formula is C8H15N3O2S2. The Balaban J connectivity index is 2.38. The molecule has 0 unspecified atom stereocenters. The monoisotopic (exact) mass is 249 g/mol. The highest BCUT2D eigenvalue weighted by Crippen LogP contribution is 2.14. The van der Waals surface area contributed by atoms with Gasteiger partial charge in [0.15, 0.2) is 5.13 Å². The maximum Gasteiger partial charge on any atom is 0.213 e. The molecule has 0 fully saturated rings. The summed E-state index contributed by atoms with van der Waals surface area (Å²) < 4.78 is 24.4. The molecule has 1 aromatic heterocycles. The van der Waals surface area contributed by atoms with E-state index in [0.717, 1.165) is 17.2 Å². The number of aromatic nitrogens is 1. The lowest BCUT2D eigenvalue weighted by Gasteiger charge is -2.02. The smallest absolute Gasteiger partial charge is 0.213 e. The molecule has 1 heterocycles. The predicted octanol–water partition coefficient (Wildman–Crippen LogP) is 0.667. The number of thiazole rings is 1. The van der Waals surface area contributed by atoms with Crippen molar-refractivity contribution in [2.45, 2.75) is 13.3 Å². The lowest BCUT2D eigenvalue weighted by Crippen LogP contribution is -2.26. The van der Waals surface area contributed by atoms with Crippen LogP contribution in [0.15, 0.2) is 5.38 Å². The largest absolute Gasteiger partial charge is 0.360 e. The molecule has 0 atom stereocenters. The number of sulfonamides is 1. The van der Waals surface area contributed by atoms with Gasteiger partial charge in [0.05, 0.1) is 11.4 Å². The van der Waals surface area contributed by atoms with Crippen molar-refractivity contribution >= 4 is 26.5 Å². The Morgan fingerprint density at radius 1 is 1.53 bits per heavy atom. The van der Waals surface area contributed by atoms with Gasteiger partial charge < -0.3 is 5.32 Å². The summed E-state index contributed by atoms with van der Waals surface area (Å²) in [5, 5.41) is 5.72. The van der Waals surface area contributed by atoms with Crippen LogP contribution < -0.4 is 10.0 Å². The van der Waals surface area contributed by atoms with Gasteiger partial charge in [0, 0.05) is 11.9 Å². The fraction of sp³-hybridized carbons (Fsp3) is 0.625. The van der Waals surface area contributed by atoms with Crippen molar-refractivity contribution in [2.24, 2.45) is 0 Å². The summed E-state index contributed by atoms with van der Waals surface area (Å²) in [6, 6.07) is 0. The van der Waals surface area contributed by atoms with Gasteiger partial charge in [-0.2, -0.15) is 0 Å². The molecule has 0 aromatic carbocycles. The van der Waals surface area contributed by atoms with Crippen molar-refractivity contribution in [2.75, 3.05) is 24.7 Å². The first-order valence-corrected chi connectivity index (χ1v) is 7.20. The van der Waals surface area contributed by atoms with Crippen molar-refractivity contribution in [1.82, 2.24) is 9.71 Å². The quantitative estimate of drug-likeness (QED) is 0.777. The molecule has 0 aliphatic carbocycles. The Labute approximate surface area is 94.0 Å². The normalized spacial score (nSPS) is 11.6. The van der Waals surface area contributed by atoms with Crippen molar-refractivity contribution in [3.8, 4) is 0 Å². The first-order valence-electron chi connectivity index (χ1n) is 4.67. The van der Waals surface area contributed by atoms with Crippen LogP contribution in [0.1, 0.15) is 12.6 Å². The highest BCUT2D eigenvalue weighted by Gasteiger charge is 2.06. The first-order chi connectivity index (χ1) is 7.07. The molecular weight excluding hydrogens is 234 g/mol. The molecule has 0 saturated carbocycles. The number of aryl methyl sites for hydroxylation is 1. The van der Waals surface area contributed by atoms with Gasteiger partial charge in [-0.15, -0.1) is 11.3 Å². The standard InChI is InChI=1S/C8H15N3O2S2/c1-3-7-6-14-8(11-7)10-4-5-15(12,13)9-2/h6,9H,3-5H2,1-2H3,(H,10,11). The lowest BCUT2D eigenvalue weighted by molar-refractivity contribution is 0.588. The molecule has 0 bridgehead atoms. The van der Waals surface area contributed by atoms with E-state index in [-0.39, 0.29) is 5.75 Å². The number of anilines is 1. The number of nitrogens with zero attached hydrogens (tertiary/aromatic N) is 1. The Kier molecular flexibility index (Phi) is 4.49. The lowest BCUT2D eigenvalue weighted by atomic mass is 10.4. The summed E-state index contributed by atoms with van der Waals surface area (Å²) in [5.41, 5.74) is 1.03. The van der Waals surface area contributed by atoms with Crippen molar-refractivity contribution in [3.05, 3.63) is 11.1 Å². The average molecular weight is 249 g/mol. The summed E-state index contributed by atoms with van der Waals surface area (Å²) in [5.74, 6) is 0.0601. The molecule has 0 aliphatic rings. The SMILES string of the molecule is CCc1csc(NCCS(=O)(=O)NC)n1. The van der Waals surface area contributed by atoms with Crippen molar-refractivity contribution in [3.63, 3.8) is 0 Å². The van der Waals surface area contributed by atoms with Gasteiger partial charge in [-0.25, -0.2) is 18.1 Å². The second kappa shape index (κ2) is 5.43. The molecule has 0 radical (unpaired) electrons. The predicted molar refractivity (Wildman–Crippen MR) is 62.8 cm³/mol. The van der Waals surface area contributed by atoms with Crippen LogP contribution in [-0.2, 0) is 16.4 Å². The van der Waals surface area contributed by atoms with E-state index >= 15 is 0 Å². The second-order valence-electron chi connectivity index (χ2n) is 2.95. The van der Waals surface area contributed by atoms with Crippen LogP contribution >= 0.6 is 11.3 Å². The van der Waals surface area contributed by atoms with E-state index in [1.54, 1.807) is 0 Å². The Morgan fingerprint density at radius 3 is 2.80 bits per heavy atom. The molecule has 1 aromatic rings. The number of rotatable bonds is 6.